The summed E-state index contributed by atoms with van der Waals surface area (Å²) in [7, 11) is 0. The van der Waals surface area contributed by atoms with E-state index in [-0.39, 0.29) is 24.1 Å². The molecule has 0 bridgehead atoms. The number of hydrogen-bond acceptors (Lipinski definition) is 5. The van der Waals surface area contributed by atoms with Gasteiger partial charge in [-0.25, -0.2) is 4.79 Å². The average molecular weight is 300 g/mol. The Kier molecular flexibility index (Phi) is 3.91. The van der Waals surface area contributed by atoms with Crippen LogP contribution in [0.1, 0.15) is 29.0 Å². The van der Waals surface area contributed by atoms with Crippen molar-refractivity contribution in [2.45, 2.75) is 25.8 Å². The molecule has 6 heteroatoms. The number of aryl methyl sites for hydroxylation is 1. The maximum absolute atomic E-state index is 12.2. The van der Waals surface area contributed by atoms with Crippen molar-refractivity contribution >= 4 is 11.9 Å². The van der Waals surface area contributed by atoms with E-state index in [4.69, 9.17) is 9.26 Å². The number of benzene rings is 1. The van der Waals surface area contributed by atoms with E-state index in [0.717, 1.165) is 18.4 Å². The monoisotopic (exact) mass is 300 g/mol. The van der Waals surface area contributed by atoms with Gasteiger partial charge in [0.15, 0.2) is 6.61 Å². The van der Waals surface area contributed by atoms with Crippen molar-refractivity contribution in [1.82, 2.24) is 10.5 Å². The molecule has 3 rings (SSSR count). The normalized spacial score (nSPS) is 13.7. The fourth-order valence-electron chi connectivity index (χ4n) is 2.11. The van der Waals surface area contributed by atoms with E-state index in [9.17, 15) is 9.59 Å². The third kappa shape index (κ3) is 3.16. The molecule has 6 nitrogen and oxygen atoms in total. The van der Waals surface area contributed by atoms with Crippen molar-refractivity contribution < 1.29 is 18.8 Å². The minimum absolute atomic E-state index is 0.239. The topological polar surface area (TPSA) is 81.4 Å². The number of nitrogens with one attached hydrogen (secondary N) is 1. The van der Waals surface area contributed by atoms with E-state index < -0.39 is 5.97 Å². The van der Waals surface area contributed by atoms with E-state index >= 15 is 0 Å². The first-order valence-electron chi connectivity index (χ1n) is 7.13. The third-order valence-corrected chi connectivity index (χ3v) is 3.39. The Labute approximate surface area is 127 Å². The standard InChI is InChI=1S/C16H16N2O4/c1-10-14(15(18-22-10)11-5-3-2-4-6-11)16(20)21-9-13(19)17-12-7-8-12/h2-6,12H,7-9H2,1H3,(H,17,19). The highest BCUT2D eigenvalue weighted by Crippen LogP contribution is 2.25. The number of hydrogen-bond donors (Lipinski definition) is 1. The number of carbonyl (C=O) groups excluding carboxylic acids is 2. The van der Waals surface area contributed by atoms with E-state index in [1.807, 2.05) is 30.3 Å². The molecule has 0 atom stereocenters. The van der Waals surface area contributed by atoms with Gasteiger partial charge in [-0.05, 0) is 19.8 Å². The van der Waals surface area contributed by atoms with E-state index in [1.54, 1.807) is 6.92 Å². The summed E-state index contributed by atoms with van der Waals surface area (Å²) in [4.78, 5) is 23.8. The Balaban J connectivity index is 1.72. The van der Waals surface area contributed by atoms with Crippen molar-refractivity contribution in [3.63, 3.8) is 0 Å². The molecular weight excluding hydrogens is 284 g/mol. The lowest BCUT2D eigenvalue weighted by molar-refractivity contribution is -0.124. The number of esters is 1. The summed E-state index contributed by atoms with van der Waals surface area (Å²) in [5.74, 6) is -0.527. The van der Waals surface area contributed by atoms with Crippen molar-refractivity contribution in [2.75, 3.05) is 6.61 Å². The molecule has 1 aromatic carbocycles. The lowest BCUT2D eigenvalue weighted by Crippen LogP contribution is -2.30. The Morgan fingerprint density at radius 3 is 2.73 bits per heavy atom. The van der Waals surface area contributed by atoms with E-state index in [2.05, 4.69) is 10.5 Å². The molecule has 0 unspecified atom stereocenters. The summed E-state index contributed by atoms with van der Waals surface area (Å²) >= 11 is 0. The highest BCUT2D eigenvalue weighted by Gasteiger charge is 2.26. The van der Waals surface area contributed by atoms with Crippen LogP contribution in [0.3, 0.4) is 0 Å². The largest absolute Gasteiger partial charge is 0.452 e. The van der Waals surface area contributed by atoms with Crippen LogP contribution in [0.15, 0.2) is 34.9 Å². The fraction of sp³-hybridized carbons (Fsp3) is 0.312. The summed E-state index contributed by atoms with van der Waals surface area (Å²) in [6.45, 7) is 1.34. The lowest BCUT2D eigenvalue weighted by Gasteiger charge is -2.06. The molecule has 1 N–H and O–H groups in total. The van der Waals surface area contributed by atoms with Crippen molar-refractivity contribution in [2.24, 2.45) is 0 Å². The van der Waals surface area contributed by atoms with Crippen LogP contribution in [0.2, 0.25) is 0 Å². The maximum atomic E-state index is 12.2. The van der Waals surface area contributed by atoms with Crippen LogP contribution in [0, 0.1) is 6.92 Å². The summed E-state index contributed by atoms with van der Waals surface area (Å²) in [6, 6.07) is 9.46. The van der Waals surface area contributed by atoms with Crippen LogP contribution in [0.5, 0.6) is 0 Å². The first-order valence-corrected chi connectivity index (χ1v) is 7.13. The van der Waals surface area contributed by atoms with E-state index in [1.165, 1.54) is 0 Å². The zero-order valence-electron chi connectivity index (χ0n) is 12.2. The van der Waals surface area contributed by atoms with Gasteiger partial charge in [0.2, 0.25) is 0 Å². The summed E-state index contributed by atoms with van der Waals surface area (Å²) in [5.41, 5.74) is 1.44. The summed E-state index contributed by atoms with van der Waals surface area (Å²) in [5, 5.41) is 6.68. The minimum atomic E-state index is -0.608. The van der Waals surface area contributed by atoms with Crippen molar-refractivity contribution in [3.05, 3.63) is 41.7 Å². The number of rotatable bonds is 5. The van der Waals surface area contributed by atoms with E-state index in [0.29, 0.717) is 11.5 Å². The lowest BCUT2D eigenvalue weighted by atomic mass is 10.1. The fourth-order valence-corrected chi connectivity index (χ4v) is 2.11. The second-order valence-electron chi connectivity index (χ2n) is 5.25. The molecule has 114 valence electrons. The Hall–Kier alpha value is -2.63. The first-order chi connectivity index (χ1) is 10.6. The van der Waals surface area contributed by atoms with Crippen molar-refractivity contribution in [3.8, 4) is 11.3 Å². The molecule has 0 saturated heterocycles. The highest BCUT2D eigenvalue weighted by molar-refractivity contribution is 5.98. The number of nitrogens with zero attached hydrogens (tertiary/aromatic N) is 1. The molecule has 1 heterocycles. The molecule has 1 saturated carbocycles. The number of ether oxygens (including phenoxy) is 1. The SMILES string of the molecule is Cc1onc(-c2ccccc2)c1C(=O)OCC(=O)NC1CC1. The molecule has 1 aliphatic carbocycles. The van der Waals surface area contributed by atoms with Gasteiger partial charge in [-0.2, -0.15) is 0 Å². The van der Waals surface area contributed by atoms with Gasteiger partial charge in [-0.3, -0.25) is 4.79 Å². The quantitative estimate of drug-likeness (QED) is 0.855. The molecule has 2 aromatic rings. The van der Waals surface area contributed by atoms with Gasteiger partial charge in [0.1, 0.15) is 17.0 Å². The smallest absolute Gasteiger partial charge is 0.344 e. The summed E-state index contributed by atoms with van der Waals surface area (Å²) < 4.78 is 10.2. The predicted molar refractivity (Wildman–Crippen MR) is 78.1 cm³/mol. The Bertz CT molecular complexity index is 689. The average Bonchev–Trinajstić information content (AvgIpc) is 3.25. The van der Waals surface area contributed by atoms with Crippen LogP contribution < -0.4 is 5.32 Å². The molecular formula is C16H16N2O4. The Morgan fingerprint density at radius 1 is 1.32 bits per heavy atom. The number of amides is 1. The summed E-state index contributed by atoms with van der Waals surface area (Å²) in [6.07, 6.45) is 1.98. The van der Waals surface area contributed by atoms with Gasteiger partial charge < -0.3 is 14.6 Å². The van der Waals surface area contributed by atoms with Crippen molar-refractivity contribution in [1.29, 1.82) is 0 Å². The zero-order chi connectivity index (χ0) is 15.5. The third-order valence-electron chi connectivity index (χ3n) is 3.39. The molecule has 0 aliphatic heterocycles. The molecule has 0 spiro atoms. The van der Waals surface area contributed by atoms with Gasteiger partial charge >= 0.3 is 5.97 Å². The van der Waals surface area contributed by atoms with Crippen LogP contribution in [0.25, 0.3) is 11.3 Å². The predicted octanol–water partition coefficient (Wildman–Crippen LogP) is 2.09. The van der Waals surface area contributed by atoms with Gasteiger partial charge in [0, 0.05) is 11.6 Å². The van der Waals surface area contributed by atoms with Gasteiger partial charge in [0.25, 0.3) is 5.91 Å². The molecule has 1 aliphatic rings. The van der Waals surface area contributed by atoms with Gasteiger partial charge in [0.05, 0.1) is 0 Å². The highest BCUT2D eigenvalue weighted by atomic mass is 16.5. The van der Waals surface area contributed by atoms with Crippen LogP contribution in [0.4, 0.5) is 0 Å². The number of carbonyl (C=O) groups is 2. The van der Waals surface area contributed by atoms with Gasteiger partial charge in [-0.1, -0.05) is 35.5 Å². The molecule has 1 amide bonds. The van der Waals surface area contributed by atoms with Gasteiger partial charge in [-0.15, -0.1) is 0 Å². The first kappa shape index (κ1) is 14.3. The van der Waals surface area contributed by atoms with Crippen LogP contribution >= 0.6 is 0 Å². The minimum Gasteiger partial charge on any atom is -0.452 e. The zero-order valence-corrected chi connectivity index (χ0v) is 12.2. The Morgan fingerprint density at radius 2 is 2.05 bits per heavy atom. The molecule has 0 radical (unpaired) electrons. The second kappa shape index (κ2) is 6.01. The maximum Gasteiger partial charge on any atom is 0.344 e. The molecule has 1 fully saturated rings. The molecule has 1 aromatic heterocycles. The molecule has 22 heavy (non-hydrogen) atoms. The second-order valence-corrected chi connectivity index (χ2v) is 5.25. The number of aromatic nitrogens is 1. The van der Waals surface area contributed by atoms with Crippen LogP contribution in [-0.2, 0) is 9.53 Å². The van der Waals surface area contributed by atoms with Crippen LogP contribution in [-0.4, -0.2) is 29.7 Å².